The van der Waals surface area contributed by atoms with Crippen LogP contribution in [0.1, 0.15) is 31.9 Å². The Balaban J connectivity index is 1.29. The molecule has 3 aromatic rings. The van der Waals surface area contributed by atoms with Crippen LogP contribution in [0.25, 0.3) is 22.6 Å². The lowest BCUT2D eigenvalue weighted by atomic mass is 9.91. The molecule has 13 heteroatoms. The highest BCUT2D eigenvalue weighted by molar-refractivity contribution is 5.82. The van der Waals surface area contributed by atoms with E-state index in [2.05, 4.69) is 35.1 Å². The van der Waals surface area contributed by atoms with Crippen LogP contribution < -0.4 is 10.6 Å². The molecule has 0 aliphatic carbocycles. The molecule has 1 aromatic carbocycles. The van der Waals surface area contributed by atoms with E-state index < -0.39 is 11.7 Å². The second-order valence-corrected chi connectivity index (χ2v) is 11.3. The average molecular weight is 593 g/mol. The Kier molecular flexibility index (Phi) is 9.85. The number of hydrogen-bond acceptors (Lipinski definition) is 9. The monoisotopic (exact) mass is 592 g/mol. The zero-order valence-electron chi connectivity index (χ0n) is 24.8. The first-order chi connectivity index (χ1) is 20.8. The van der Waals surface area contributed by atoms with Gasteiger partial charge in [0.05, 0.1) is 42.3 Å². The summed E-state index contributed by atoms with van der Waals surface area (Å²) in [5.74, 6) is 0.466. The van der Waals surface area contributed by atoms with Crippen molar-refractivity contribution in [3.05, 3.63) is 48.2 Å². The molecule has 0 atom stereocenters. The summed E-state index contributed by atoms with van der Waals surface area (Å²) in [6.07, 6.45) is 6.34. The van der Waals surface area contributed by atoms with Gasteiger partial charge in [-0.1, -0.05) is 4.99 Å². The number of carbonyl (C=O) groups is 1. The van der Waals surface area contributed by atoms with Gasteiger partial charge in [0.15, 0.2) is 12.0 Å². The number of benzene rings is 1. The molecule has 0 radical (unpaired) electrons. The Bertz CT molecular complexity index is 1450. The second kappa shape index (κ2) is 13.9. The number of imidazole rings is 1. The van der Waals surface area contributed by atoms with Crippen LogP contribution in [0.4, 0.5) is 10.3 Å². The molecule has 2 aromatic heterocycles. The Morgan fingerprint density at radius 3 is 2.65 bits per heavy atom. The van der Waals surface area contributed by atoms with E-state index in [9.17, 15) is 9.18 Å². The summed E-state index contributed by atoms with van der Waals surface area (Å²) in [6, 6.07) is 7.89. The number of aliphatic imine (C=N–C) groups is 1. The van der Waals surface area contributed by atoms with E-state index in [4.69, 9.17) is 19.4 Å². The van der Waals surface area contributed by atoms with Gasteiger partial charge in [-0.25, -0.2) is 19.3 Å². The second-order valence-electron chi connectivity index (χ2n) is 11.3. The minimum absolute atomic E-state index is 0.107. The van der Waals surface area contributed by atoms with E-state index in [-0.39, 0.29) is 24.9 Å². The van der Waals surface area contributed by atoms with Gasteiger partial charge in [0.2, 0.25) is 18.1 Å². The molecule has 0 unspecified atom stereocenters. The van der Waals surface area contributed by atoms with Crippen molar-refractivity contribution in [2.24, 2.45) is 10.4 Å². The first-order valence-electron chi connectivity index (χ1n) is 14.5. The summed E-state index contributed by atoms with van der Waals surface area (Å²) in [5.41, 5.74) is 1.68. The molecule has 0 saturated carbocycles. The zero-order valence-corrected chi connectivity index (χ0v) is 24.8. The standard InChI is InChI=1S/C30H38FN9O3/c1-30(28(41)33-11-4-15-39(2)3)18-42-27(43-19-30)26-37-24(21-6-8-22(31)9-7-21)25(38-26)23-10-13-35-29(36-23)34-12-5-16-40-17-14-32-20-40/h6-10,13-14,20,27H,4-5,11-12,15-19H2,1-3H3,(H2-,33,34,35,36,37,38,41)/p+1. The number of H-pyrrole nitrogens is 1. The number of rotatable bonds is 13. The maximum atomic E-state index is 13.7. The van der Waals surface area contributed by atoms with Gasteiger partial charge in [0, 0.05) is 31.3 Å². The largest absolute Gasteiger partial charge is 0.355 e. The molecule has 4 heterocycles. The van der Waals surface area contributed by atoms with Crippen LogP contribution in [0.2, 0.25) is 0 Å². The van der Waals surface area contributed by atoms with Gasteiger partial charge < -0.3 is 30.0 Å². The van der Waals surface area contributed by atoms with Crippen LogP contribution in [0, 0.1) is 11.2 Å². The fourth-order valence-corrected chi connectivity index (χ4v) is 4.77. The number of ether oxygens (including phenoxy) is 2. The molecule has 43 heavy (non-hydrogen) atoms. The third-order valence-corrected chi connectivity index (χ3v) is 7.25. The average Bonchev–Trinajstić information content (AvgIpc) is 3.69. The van der Waals surface area contributed by atoms with Crippen molar-refractivity contribution in [1.29, 1.82) is 0 Å². The van der Waals surface area contributed by atoms with E-state index in [0.717, 1.165) is 32.5 Å². The minimum Gasteiger partial charge on any atom is -0.355 e. The van der Waals surface area contributed by atoms with E-state index in [1.807, 2.05) is 33.6 Å². The van der Waals surface area contributed by atoms with Crippen molar-refractivity contribution in [3.63, 3.8) is 0 Å². The number of hydrogen-bond donors (Lipinski definition) is 3. The zero-order chi connectivity index (χ0) is 30.2. The maximum absolute atomic E-state index is 13.7. The molecule has 1 fully saturated rings. The summed E-state index contributed by atoms with van der Waals surface area (Å²) in [5, 5.41) is 6.27. The Morgan fingerprint density at radius 1 is 1.14 bits per heavy atom. The fourth-order valence-electron chi connectivity index (χ4n) is 4.77. The van der Waals surface area contributed by atoms with Crippen LogP contribution in [0.15, 0.2) is 41.5 Å². The lowest BCUT2D eigenvalue weighted by molar-refractivity contribution is -0.504. The van der Waals surface area contributed by atoms with Crippen molar-refractivity contribution in [1.82, 2.24) is 30.2 Å². The van der Waals surface area contributed by atoms with E-state index in [0.29, 0.717) is 47.5 Å². The van der Waals surface area contributed by atoms with Gasteiger partial charge in [0.1, 0.15) is 12.4 Å². The van der Waals surface area contributed by atoms with Crippen LogP contribution >= 0.6 is 0 Å². The Hall–Kier alpha value is -4.07. The molecule has 2 aliphatic rings. The number of aromatic amines is 1. The highest BCUT2D eigenvalue weighted by Crippen LogP contribution is 2.35. The van der Waals surface area contributed by atoms with Crippen LogP contribution in [-0.2, 0) is 14.3 Å². The lowest BCUT2D eigenvalue weighted by Crippen LogP contribution is -2.49. The van der Waals surface area contributed by atoms with Crippen molar-refractivity contribution in [2.45, 2.75) is 26.1 Å². The molecule has 5 rings (SSSR count). The van der Waals surface area contributed by atoms with Gasteiger partial charge in [-0.2, -0.15) is 0 Å². The molecule has 2 aliphatic heterocycles. The molecule has 0 bridgehead atoms. The van der Waals surface area contributed by atoms with Gasteiger partial charge in [-0.05, 0) is 64.3 Å². The van der Waals surface area contributed by atoms with Gasteiger partial charge in [-0.3, -0.25) is 9.37 Å². The summed E-state index contributed by atoms with van der Waals surface area (Å²) in [4.78, 5) is 36.3. The summed E-state index contributed by atoms with van der Waals surface area (Å²) >= 11 is 0. The quantitative estimate of drug-likeness (QED) is 0.204. The number of nitrogens with one attached hydrogen (secondary N) is 3. The highest BCUT2D eigenvalue weighted by atomic mass is 19.1. The summed E-state index contributed by atoms with van der Waals surface area (Å²) in [7, 11) is 4.00. The Morgan fingerprint density at radius 2 is 1.93 bits per heavy atom. The summed E-state index contributed by atoms with van der Waals surface area (Å²) in [6.45, 7) is 6.04. The number of nitrogens with zero attached hydrogens (tertiary/aromatic N) is 6. The third kappa shape index (κ3) is 7.86. The number of carbonyl (C=O) groups excluding carboxylic acids is 1. The highest BCUT2D eigenvalue weighted by Gasteiger charge is 2.40. The third-order valence-electron chi connectivity index (χ3n) is 7.25. The van der Waals surface area contributed by atoms with Crippen molar-refractivity contribution in [2.75, 3.05) is 65.3 Å². The van der Waals surface area contributed by atoms with Crippen LogP contribution in [0.3, 0.4) is 0 Å². The lowest BCUT2D eigenvalue weighted by Gasteiger charge is -2.35. The van der Waals surface area contributed by atoms with Crippen LogP contribution in [-0.4, -0.2) is 108 Å². The minimum atomic E-state index is -0.823. The van der Waals surface area contributed by atoms with E-state index in [1.165, 1.54) is 12.1 Å². The van der Waals surface area contributed by atoms with Crippen molar-refractivity contribution in [3.8, 4) is 22.6 Å². The van der Waals surface area contributed by atoms with Gasteiger partial charge >= 0.3 is 0 Å². The van der Waals surface area contributed by atoms with E-state index in [1.54, 1.807) is 24.4 Å². The molecule has 3 N–H and O–H groups in total. The molecule has 228 valence electrons. The maximum Gasteiger partial charge on any atom is 0.281 e. The molecule has 0 spiro atoms. The predicted octanol–water partition coefficient (Wildman–Crippen LogP) is 2.72. The smallest absolute Gasteiger partial charge is 0.281 e. The van der Waals surface area contributed by atoms with E-state index >= 15 is 0 Å². The number of halogens is 1. The molecule has 1 saturated heterocycles. The summed E-state index contributed by atoms with van der Waals surface area (Å²) < 4.78 is 27.9. The molecule has 12 nitrogen and oxygen atoms in total. The first-order valence-corrected chi connectivity index (χ1v) is 14.5. The molecule has 1 amide bonds. The molecular formula is C30H39FN9O3+. The predicted molar refractivity (Wildman–Crippen MR) is 162 cm³/mol. The number of anilines is 1. The molecular weight excluding hydrogens is 553 g/mol. The SMILES string of the molecule is CN(C)CCCNC(=O)C1(C)COC(c2nc(-c3ccc(F)cc3)c(-c3ccnc(NCCC[N+]4=CN=CC4)n3)[nH]2)OC1. The van der Waals surface area contributed by atoms with Gasteiger partial charge in [0.25, 0.3) is 6.34 Å². The van der Waals surface area contributed by atoms with Gasteiger partial charge in [-0.15, -0.1) is 0 Å². The van der Waals surface area contributed by atoms with Crippen molar-refractivity contribution < 1.29 is 23.2 Å². The first kappa shape index (κ1) is 30.4. The Labute approximate surface area is 250 Å². The van der Waals surface area contributed by atoms with Crippen molar-refractivity contribution >= 4 is 24.4 Å². The fraction of sp³-hybridized carbons (Fsp3) is 0.467. The number of amides is 1. The van der Waals surface area contributed by atoms with Crippen LogP contribution in [0.5, 0.6) is 0 Å². The number of aromatic nitrogens is 4. The normalized spacial score (nSPS) is 19.9. The topological polar surface area (TPSA) is 133 Å².